The van der Waals surface area contributed by atoms with Gasteiger partial charge in [0.15, 0.2) is 26.5 Å². The first kappa shape index (κ1) is 52.9. The third-order valence-electron chi connectivity index (χ3n) is 11.7. The van der Waals surface area contributed by atoms with Crippen molar-refractivity contribution < 1.29 is 51.7 Å². The average molecular weight is 918 g/mol. The number of nitro groups is 1. The lowest BCUT2D eigenvalue weighted by atomic mass is 9.92. The fourth-order valence-electron chi connectivity index (χ4n) is 8.48. The van der Waals surface area contributed by atoms with Crippen LogP contribution in [-0.4, -0.2) is 82.8 Å². The Labute approximate surface area is 374 Å². The smallest absolute Gasteiger partial charge is 0.410 e. The van der Waals surface area contributed by atoms with Gasteiger partial charge in [0.1, 0.15) is 16.9 Å². The van der Waals surface area contributed by atoms with Crippen LogP contribution >= 0.6 is 0 Å². The van der Waals surface area contributed by atoms with Gasteiger partial charge in [-0.2, -0.15) is 0 Å². The number of benzene rings is 2. The Kier molecular flexibility index (Phi) is 19.7. The molecule has 2 N–H and O–H groups in total. The molecule has 350 valence electrons. The molecule has 0 heterocycles. The van der Waals surface area contributed by atoms with Crippen molar-refractivity contribution in [2.24, 2.45) is 22.1 Å². The van der Waals surface area contributed by atoms with Gasteiger partial charge in [-0.25, -0.2) is 8.42 Å². The van der Waals surface area contributed by atoms with Gasteiger partial charge in [-0.1, -0.05) is 72.7 Å². The van der Waals surface area contributed by atoms with Gasteiger partial charge in [0.05, 0.1) is 46.9 Å². The molecule has 0 aliphatic heterocycles. The molecule has 2 aromatic carbocycles. The fraction of sp³-hybridized carbons (Fsp3) is 0.622. The minimum atomic E-state index is -4.24. The van der Waals surface area contributed by atoms with Gasteiger partial charge in [0.25, 0.3) is 0 Å². The van der Waals surface area contributed by atoms with Crippen LogP contribution in [0.15, 0.2) is 81.1 Å². The Hall–Kier alpha value is -4.45. The maximum atomic E-state index is 14.5. The van der Waals surface area contributed by atoms with E-state index >= 15 is 0 Å². The predicted octanol–water partition coefficient (Wildman–Crippen LogP) is 10.2. The van der Waals surface area contributed by atoms with Gasteiger partial charge in [-0.3, -0.25) is 14.9 Å². The van der Waals surface area contributed by atoms with Crippen molar-refractivity contribution in [3.8, 4) is 11.5 Å². The molecule has 1 aliphatic carbocycles. The second-order valence-corrected chi connectivity index (χ2v) is 24.3. The number of rotatable bonds is 27. The third kappa shape index (κ3) is 12.9. The van der Waals surface area contributed by atoms with Crippen molar-refractivity contribution in [2.75, 3.05) is 26.9 Å². The standard InChI is InChI=1S/C45H68N4O12SSi/c1-13-58-41(45(59-14-2,60-15-3)47-48-46-38-28-36(38)44(51)52)23-19-20-32(10)43(61-63(29(4)5,30(6)7)31(8)9)33(11)24-25-40(62(55,56)35-21-17-16-18-22-35)37-26-34(57-12)27-39(42(37)50)49(53)54/h16-18,21-24,26-27,29-32,36,38,40,43H,13-15,19-20,25,28H2,1-12H3,(H-,50,51,52)/p+1/b33-24-,41-23+/t32-,36?,38?,40?,43+/m0/s1. The number of phenols is 1. The average Bonchev–Trinajstić information content (AvgIpc) is 4.01. The second kappa shape index (κ2) is 23.5. The van der Waals surface area contributed by atoms with Crippen LogP contribution in [0.25, 0.3) is 0 Å². The molecule has 0 radical (unpaired) electrons. The molecule has 0 spiro atoms. The van der Waals surface area contributed by atoms with Crippen LogP contribution in [-0.2, 0) is 33.3 Å². The Bertz CT molecular complexity index is 2060. The van der Waals surface area contributed by atoms with Gasteiger partial charge >= 0.3 is 17.6 Å². The van der Waals surface area contributed by atoms with Crippen molar-refractivity contribution in [1.29, 1.82) is 0 Å². The van der Waals surface area contributed by atoms with E-state index in [0.717, 1.165) is 11.6 Å². The lowest BCUT2D eigenvalue weighted by Gasteiger charge is -2.46. The third-order valence-corrected chi connectivity index (χ3v) is 19.9. The van der Waals surface area contributed by atoms with Gasteiger partial charge in [0, 0.05) is 18.8 Å². The molecule has 3 rings (SSSR count). The number of nitro benzene ring substituents is 1. The summed E-state index contributed by atoms with van der Waals surface area (Å²) in [5.74, 6) is -3.90. The maximum absolute atomic E-state index is 14.5. The van der Waals surface area contributed by atoms with Crippen molar-refractivity contribution >= 4 is 29.8 Å². The Morgan fingerprint density at radius 1 is 1.00 bits per heavy atom. The van der Waals surface area contributed by atoms with Crippen LogP contribution in [0.1, 0.15) is 113 Å². The summed E-state index contributed by atoms with van der Waals surface area (Å²) in [5, 5.41) is 39.7. The van der Waals surface area contributed by atoms with Crippen LogP contribution in [0.5, 0.6) is 11.5 Å². The van der Waals surface area contributed by atoms with Crippen LogP contribution in [0.2, 0.25) is 16.6 Å². The van der Waals surface area contributed by atoms with E-state index < -0.39 is 69.7 Å². The van der Waals surface area contributed by atoms with E-state index in [1.54, 1.807) is 32.0 Å². The molecule has 5 atom stereocenters. The zero-order valence-electron chi connectivity index (χ0n) is 38.9. The summed E-state index contributed by atoms with van der Waals surface area (Å²) in [5.41, 5.74) is 0.616. The largest absolute Gasteiger partial charge is 0.502 e. The summed E-state index contributed by atoms with van der Waals surface area (Å²) in [6.45, 7) is 23.2. The molecule has 3 unspecified atom stereocenters. The number of phenolic OH excluding ortho intramolecular Hbond substituents is 1. The molecule has 0 aromatic heterocycles. The molecular formula is C45H69N4O12SSi+. The Morgan fingerprint density at radius 3 is 2.10 bits per heavy atom. The molecule has 0 saturated heterocycles. The SMILES string of the molecule is CCO/C(=C/CC[C@H](C)[C@@H](O[Si](C(C)C)(C(C)C)C(C)C)/C(C)=C\CC(c1cc(OC)cc([N+](=O)[O-])c1O)S(=O)(=O)c1ccccc1)C(N=[N+]=NC1CC1C(=O)O)(OCC)OCC. The van der Waals surface area contributed by atoms with Crippen molar-refractivity contribution in [3.63, 3.8) is 0 Å². The maximum Gasteiger partial charge on any atom is 0.410 e. The zero-order chi connectivity index (χ0) is 47.3. The van der Waals surface area contributed by atoms with Gasteiger partial charge in [0.2, 0.25) is 13.2 Å². The molecule has 1 aliphatic rings. The minimum Gasteiger partial charge on any atom is -0.502 e. The highest BCUT2D eigenvalue weighted by Crippen LogP contribution is 2.47. The summed E-state index contributed by atoms with van der Waals surface area (Å²) in [6.07, 6.45) is 4.42. The molecular weight excluding hydrogens is 849 g/mol. The summed E-state index contributed by atoms with van der Waals surface area (Å²) in [4.78, 5) is 26.6. The van der Waals surface area contributed by atoms with Crippen LogP contribution < -0.4 is 9.65 Å². The number of carboxylic acid groups (broad SMARTS) is 1. The lowest BCUT2D eigenvalue weighted by Crippen LogP contribution is -2.51. The van der Waals surface area contributed by atoms with Crippen LogP contribution in [0.3, 0.4) is 0 Å². The summed E-state index contributed by atoms with van der Waals surface area (Å²) >= 11 is 0. The number of aromatic hydroxyl groups is 1. The topological polar surface area (TPSA) is 220 Å². The van der Waals surface area contributed by atoms with E-state index in [1.807, 2.05) is 26.0 Å². The first-order valence-electron chi connectivity index (χ1n) is 21.8. The van der Waals surface area contributed by atoms with Gasteiger partial charge in [-0.05, 0) is 106 Å². The molecule has 16 nitrogen and oxygen atoms in total. The zero-order valence-corrected chi connectivity index (χ0v) is 40.8. The number of hydrogen-bond acceptors (Lipinski definition) is 13. The molecule has 18 heteroatoms. The van der Waals surface area contributed by atoms with Gasteiger partial charge < -0.3 is 33.6 Å². The second-order valence-electron chi connectivity index (χ2n) is 16.8. The first-order chi connectivity index (χ1) is 29.7. The molecule has 2 aromatic rings. The first-order valence-corrected chi connectivity index (χ1v) is 25.5. The highest BCUT2D eigenvalue weighted by Gasteiger charge is 2.50. The van der Waals surface area contributed by atoms with Crippen molar-refractivity contribution in [2.45, 2.75) is 147 Å². The molecule has 0 bridgehead atoms. The van der Waals surface area contributed by atoms with Crippen molar-refractivity contribution in [3.05, 3.63) is 81.6 Å². The Morgan fingerprint density at radius 2 is 1.60 bits per heavy atom. The molecule has 1 saturated carbocycles. The fourth-order valence-corrected chi connectivity index (χ4v) is 15.9. The van der Waals surface area contributed by atoms with E-state index in [4.69, 9.17) is 23.4 Å². The highest BCUT2D eigenvalue weighted by molar-refractivity contribution is 7.91. The number of ether oxygens (including phenoxy) is 4. The molecule has 0 amide bonds. The lowest BCUT2D eigenvalue weighted by molar-refractivity contribution is -0.386. The minimum absolute atomic E-state index is 0.00443. The summed E-state index contributed by atoms with van der Waals surface area (Å²) in [7, 11) is -5.49. The number of aliphatic carboxylic acids is 1. The van der Waals surface area contributed by atoms with Crippen LogP contribution in [0.4, 0.5) is 5.69 Å². The van der Waals surface area contributed by atoms with E-state index in [-0.39, 0.29) is 70.8 Å². The monoisotopic (exact) mass is 917 g/mol. The molecule has 63 heavy (non-hydrogen) atoms. The number of nitrogens with zero attached hydrogens (tertiary/aromatic N) is 4. The van der Waals surface area contributed by atoms with E-state index in [0.29, 0.717) is 19.3 Å². The van der Waals surface area contributed by atoms with Gasteiger partial charge in [-0.15, -0.1) is 0 Å². The number of methoxy groups -OCH3 is 1. The number of carboxylic acids is 1. The Balaban J connectivity index is 2.18. The number of hydrogen-bond donors (Lipinski definition) is 2. The quantitative estimate of drug-likeness (QED) is 0.0125. The predicted molar refractivity (Wildman–Crippen MR) is 243 cm³/mol. The number of sulfone groups is 1. The van der Waals surface area contributed by atoms with E-state index in [1.165, 1.54) is 25.3 Å². The van der Waals surface area contributed by atoms with E-state index in [9.17, 15) is 33.5 Å². The summed E-state index contributed by atoms with van der Waals surface area (Å²) < 4.78 is 60.0. The van der Waals surface area contributed by atoms with Crippen molar-refractivity contribution in [1.82, 2.24) is 4.91 Å². The van der Waals surface area contributed by atoms with Crippen LogP contribution in [0, 0.1) is 22.0 Å². The normalized spacial score (nSPS) is 17.6. The summed E-state index contributed by atoms with van der Waals surface area (Å²) in [6, 6.07) is 9.72. The van der Waals surface area contributed by atoms with E-state index in [2.05, 4.69) is 63.6 Å². The number of carbonyl (C=O) groups is 1. The highest BCUT2D eigenvalue weighted by atomic mass is 32.2. The molecule has 1 fully saturated rings. The number of allylic oxidation sites excluding steroid dienone is 2.